The van der Waals surface area contributed by atoms with Crippen LogP contribution in [0.1, 0.15) is 17.7 Å². The lowest BCUT2D eigenvalue weighted by Gasteiger charge is -2.36. The Hall–Kier alpha value is -2.74. The highest BCUT2D eigenvalue weighted by molar-refractivity contribution is 7.80. The van der Waals surface area contributed by atoms with Crippen LogP contribution >= 0.6 is 12.2 Å². The van der Waals surface area contributed by atoms with Gasteiger partial charge in [-0.25, -0.2) is 4.98 Å². The van der Waals surface area contributed by atoms with Crippen molar-refractivity contribution in [3.05, 3.63) is 47.9 Å². The van der Waals surface area contributed by atoms with Crippen molar-refractivity contribution < 1.29 is 4.74 Å². The molecule has 2 aliphatic heterocycles. The molecule has 27 heavy (non-hydrogen) atoms. The number of thiocarbonyl (C=S) groups is 1. The van der Waals surface area contributed by atoms with Crippen LogP contribution in [0.25, 0.3) is 0 Å². The zero-order valence-corrected chi connectivity index (χ0v) is 16.1. The lowest BCUT2D eigenvalue weighted by atomic mass is 10.1. The van der Waals surface area contributed by atoms with Gasteiger partial charge in [-0.05, 0) is 42.9 Å². The van der Waals surface area contributed by atoms with Crippen molar-refractivity contribution in [1.29, 1.82) is 0 Å². The van der Waals surface area contributed by atoms with Crippen LogP contribution < -0.4 is 15.1 Å². The number of aromatic nitrogens is 2. The lowest BCUT2D eigenvalue weighted by Crippen LogP contribution is -2.51. The third-order valence-corrected chi connectivity index (χ3v) is 5.14. The Balaban J connectivity index is 1.37. The summed E-state index contributed by atoms with van der Waals surface area (Å²) in [5.74, 6) is 1.83. The lowest BCUT2D eigenvalue weighted by molar-refractivity contribution is 0.315. The van der Waals surface area contributed by atoms with Crippen molar-refractivity contribution >= 4 is 28.9 Å². The van der Waals surface area contributed by atoms with Crippen LogP contribution in [0.3, 0.4) is 0 Å². The third-order valence-electron chi connectivity index (χ3n) is 4.79. The van der Waals surface area contributed by atoms with Gasteiger partial charge < -0.3 is 14.5 Å². The Labute approximate surface area is 164 Å². The summed E-state index contributed by atoms with van der Waals surface area (Å²) in [4.78, 5) is 13.3. The first-order chi connectivity index (χ1) is 13.2. The molecule has 0 aliphatic carbocycles. The maximum absolute atomic E-state index is 5.74. The Bertz CT molecular complexity index is 849. The molecule has 0 amide bonds. The molecular formula is C19H22N6OS. The summed E-state index contributed by atoms with van der Waals surface area (Å²) in [6.45, 7) is 6.06. The summed E-state index contributed by atoms with van der Waals surface area (Å²) in [7, 11) is 0. The van der Waals surface area contributed by atoms with Crippen molar-refractivity contribution in [3.8, 4) is 5.75 Å². The Kier molecular flexibility index (Phi) is 5.15. The summed E-state index contributed by atoms with van der Waals surface area (Å²) in [5, 5.41) is 5.18. The van der Waals surface area contributed by atoms with Crippen LogP contribution in [0.4, 0.5) is 5.82 Å². The molecular weight excluding hydrogens is 360 g/mol. The van der Waals surface area contributed by atoms with Crippen LogP contribution in [0.15, 0.2) is 41.8 Å². The SMILES string of the molecule is Cc1ccnc2c1OCC/C2=N/NC(=S)N1CCN(c2ccccn2)CC1. The van der Waals surface area contributed by atoms with Gasteiger partial charge in [0.25, 0.3) is 0 Å². The molecule has 0 aromatic carbocycles. The Morgan fingerprint density at radius 2 is 2.00 bits per heavy atom. The van der Waals surface area contributed by atoms with Gasteiger partial charge in [0.2, 0.25) is 0 Å². The summed E-state index contributed by atoms with van der Waals surface area (Å²) in [6.07, 6.45) is 4.32. The normalized spacial score (nSPS) is 18.0. The zero-order chi connectivity index (χ0) is 18.6. The van der Waals surface area contributed by atoms with Crippen molar-refractivity contribution in [2.45, 2.75) is 13.3 Å². The van der Waals surface area contributed by atoms with Gasteiger partial charge in [-0.1, -0.05) is 6.07 Å². The number of nitrogens with one attached hydrogen (secondary N) is 1. The van der Waals surface area contributed by atoms with E-state index >= 15 is 0 Å². The van der Waals surface area contributed by atoms with Crippen LogP contribution in [-0.4, -0.2) is 58.5 Å². The van der Waals surface area contributed by atoms with Crippen LogP contribution in [0.2, 0.25) is 0 Å². The molecule has 2 aromatic heterocycles. The van der Waals surface area contributed by atoms with E-state index in [0.29, 0.717) is 18.1 Å². The number of hydrogen-bond acceptors (Lipinski definition) is 6. The second-order valence-electron chi connectivity index (χ2n) is 6.54. The van der Waals surface area contributed by atoms with Gasteiger partial charge in [0.1, 0.15) is 17.3 Å². The molecule has 0 radical (unpaired) electrons. The van der Waals surface area contributed by atoms with Crippen LogP contribution in [-0.2, 0) is 0 Å². The summed E-state index contributed by atoms with van der Waals surface area (Å²) >= 11 is 5.54. The standard InChI is InChI=1S/C19H22N6OS/c1-14-5-8-21-17-15(6-13-26-18(14)17)22-23-19(27)25-11-9-24(10-12-25)16-4-2-3-7-20-16/h2-5,7-8H,6,9-13H2,1H3,(H,23,27)/b22-15-. The molecule has 0 atom stereocenters. The molecule has 1 saturated heterocycles. The average Bonchev–Trinajstić information content (AvgIpc) is 2.73. The number of ether oxygens (including phenoxy) is 1. The molecule has 4 rings (SSSR count). The molecule has 140 valence electrons. The number of hydrazone groups is 1. The van der Waals surface area contributed by atoms with Gasteiger partial charge in [-0.3, -0.25) is 10.4 Å². The average molecular weight is 382 g/mol. The molecule has 0 spiro atoms. The Morgan fingerprint density at radius 3 is 2.78 bits per heavy atom. The molecule has 1 N–H and O–H groups in total. The first-order valence-electron chi connectivity index (χ1n) is 9.08. The van der Waals surface area contributed by atoms with E-state index < -0.39 is 0 Å². The maximum Gasteiger partial charge on any atom is 0.189 e. The highest BCUT2D eigenvalue weighted by atomic mass is 32.1. The number of anilines is 1. The minimum atomic E-state index is 0.607. The zero-order valence-electron chi connectivity index (χ0n) is 15.3. The quantitative estimate of drug-likeness (QED) is 0.629. The molecule has 0 bridgehead atoms. The van der Waals surface area contributed by atoms with Crippen molar-refractivity contribution in [2.75, 3.05) is 37.7 Å². The molecule has 0 saturated carbocycles. The summed E-state index contributed by atoms with van der Waals surface area (Å²) < 4.78 is 5.74. The van der Waals surface area contributed by atoms with E-state index in [1.165, 1.54) is 0 Å². The van der Waals surface area contributed by atoms with Gasteiger partial charge in [-0.2, -0.15) is 5.10 Å². The smallest absolute Gasteiger partial charge is 0.189 e. The predicted molar refractivity (Wildman–Crippen MR) is 109 cm³/mol. The maximum atomic E-state index is 5.74. The monoisotopic (exact) mass is 382 g/mol. The minimum Gasteiger partial charge on any atom is -0.491 e. The van der Waals surface area contributed by atoms with E-state index in [2.05, 4.69) is 30.3 Å². The van der Waals surface area contributed by atoms with Crippen molar-refractivity contribution in [2.24, 2.45) is 5.10 Å². The highest BCUT2D eigenvalue weighted by Crippen LogP contribution is 2.26. The molecule has 2 aromatic rings. The molecule has 8 heteroatoms. The number of pyridine rings is 2. The molecule has 2 aliphatic rings. The van der Waals surface area contributed by atoms with E-state index in [1.807, 2.05) is 37.4 Å². The number of fused-ring (bicyclic) bond motifs is 1. The van der Waals surface area contributed by atoms with Gasteiger partial charge >= 0.3 is 0 Å². The molecule has 1 fully saturated rings. The molecule has 4 heterocycles. The second-order valence-corrected chi connectivity index (χ2v) is 6.93. The van der Waals surface area contributed by atoms with Gasteiger partial charge in [-0.15, -0.1) is 0 Å². The second kappa shape index (κ2) is 7.87. The number of aryl methyl sites for hydroxylation is 1. The largest absolute Gasteiger partial charge is 0.491 e. The van der Waals surface area contributed by atoms with E-state index in [4.69, 9.17) is 17.0 Å². The van der Waals surface area contributed by atoms with E-state index in [0.717, 1.165) is 54.7 Å². The first-order valence-corrected chi connectivity index (χ1v) is 9.49. The van der Waals surface area contributed by atoms with Gasteiger partial charge in [0.05, 0.1) is 12.3 Å². The van der Waals surface area contributed by atoms with Crippen LogP contribution in [0, 0.1) is 6.92 Å². The number of rotatable bonds is 2. The topological polar surface area (TPSA) is 65.9 Å². The highest BCUT2D eigenvalue weighted by Gasteiger charge is 2.22. The van der Waals surface area contributed by atoms with Gasteiger partial charge in [0, 0.05) is 45.0 Å². The first kappa shape index (κ1) is 17.7. The summed E-state index contributed by atoms with van der Waals surface area (Å²) in [5.41, 5.74) is 5.81. The molecule has 7 nitrogen and oxygen atoms in total. The van der Waals surface area contributed by atoms with Crippen LogP contribution in [0.5, 0.6) is 5.75 Å². The fourth-order valence-corrected chi connectivity index (χ4v) is 3.50. The fourth-order valence-electron chi connectivity index (χ4n) is 3.27. The van der Waals surface area contributed by atoms with Gasteiger partial charge in [0.15, 0.2) is 5.11 Å². The third kappa shape index (κ3) is 3.85. The van der Waals surface area contributed by atoms with Crippen molar-refractivity contribution in [1.82, 2.24) is 20.3 Å². The number of hydrogen-bond donors (Lipinski definition) is 1. The van der Waals surface area contributed by atoms with Crippen molar-refractivity contribution in [3.63, 3.8) is 0 Å². The van der Waals surface area contributed by atoms with E-state index in [1.54, 1.807) is 6.20 Å². The number of nitrogens with zero attached hydrogens (tertiary/aromatic N) is 5. The number of piperazine rings is 1. The Morgan fingerprint density at radius 1 is 1.15 bits per heavy atom. The summed E-state index contributed by atoms with van der Waals surface area (Å²) in [6, 6.07) is 7.93. The molecule has 0 unspecified atom stereocenters. The predicted octanol–water partition coefficient (Wildman–Crippen LogP) is 1.97. The van der Waals surface area contributed by atoms with E-state index in [9.17, 15) is 0 Å². The minimum absolute atomic E-state index is 0.607. The van der Waals surface area contributed by atoms with E-state index in [-0.39, 0.29) is 0 Å². The fraction of sp³-hybridized carbons (Fsp3) is 0.368.